The van der Waals surface area contributed by atoms with Crippen LogP contribution in [0.4, 0.5) is 5.69 Å². The lowest BCUT2D eigenvalue weighted by Crippen LogP contribution is -2.29. The zero-order chi connectivity index (χ0) is 12.1. The van der Waals surface area contributed by atoms with E-state index in [4.69, 9.17) is 0 Å². The molecule has 1 amide bonds. The first-order valence-electron chi connectivity index (χ1n) is 4.98. The minimum atomic E-state index is -0.260. The van der Waals surface area contributed by atoms with E-state index >= 15 is 0 Å². The molecule has 0 fully saturated rings. The number of carbonyl (C=O) groups excluding carboxylic acids is 1. The first kappa shape index (κ1) is 11.8. The van der Waals surface area contributed by atoms with Crippen LogP contribution >= 0.6 is 22.6 Å². The molecule has 2 aromatic rings. The van der Waals surface area contributed by atoms with E-state index in [2.05, 4.69) is 38.4 Å². The minimum absolute atomic E-state index is 0.260. The summed E-state index contributed by atoms with van der Waals surface area (Å²) in [4.78, 5) is 15.6. The van der Waals surface area contributed by atoms with E-state index in [1.54, 1.807) is 24.4 Å². The van der Waals surface area contributed by atoms with Gasteiger partial charge in [-0.25, -0.2) is 0 Å². The number of nitrogens with one attached hydrogen (secondary N) is 2. The third-order valence-corrected chi connectivity index (χ3v) is 2.78. The quantitative estimate of drug-likeness (QED) is 0.667. The van der Waals surface area contributed by atoms with Crippen molar-refractivity contribution in [2.24, 2.45) is 0 Å². The van der Waals surface area contributed by atoms with Gasteiger partial charge in [0.05, 0.1) is 5.69 Å². The highest BCUT2D eigenvalue weighted by atomic mass is 127. The standard InChI is InChI=1S/C12H10IN3O/c13-9-4-6-10(7-5-9)15-16-12(17)11-3-1-2-8-14-11/h1-8,15H,(H,16,17). The second-order valence-electron chi connectivity index (χ2n) is 3.30. The fourth-order valence-corrected chi connectivity index (χ4v) is 1.58. The van der Waals surface area contributed by atoms with Crippen molar-refractivity contribution in [3.05, 3.63) is 57.9 Å². The molecular formula is C12H10IN3O. The maximum atomic E-state index is 11.6. The van der Waals surface area contributed by atoms with Gasteiger partial charge in [-0.05, 0) is 59.0 Å². The van der Waals surface area contributed by atoms with Crippen LogP contribution in [0.2, 0.25) is 0 Å². The van der Waals surface area contributed by atoms with E-state index < -0.39 is 0 Å². The molecule has 0 spiro atoms. The van der Waals surface area contributed by atoms with Crippen molar-refractivity contribution >= 4 is 34.2 Å². The zero-order valence-corrected chi connectivity index (χ0v) is 11.0. The van der Waals surface area contributed by atoms with Gasteiger partial charge in [0.1, 0.15) is 5.69 Å². The highest BCUT2D eigenvalue weighted by Gasteiger charge is 2.04. The van der Waals surface area contributed by atoms with Gasteiger partial charge in [0.15, 0.2) is 0 Å². The van der Waals surface area contributed by atoms with Crippen molar-refractivity contribution in [1.82, 2.24) is 10.4 Å². The van der Waals surface area contributed by atoms with Crippen molar-refractivity contribution in [3.8, 4) is 0 Å². The van der Waals surface area contributed by atoms with E-state index in [1.165, 1.54) is 0 Å². The summed E-state index contributed by atoms with van der Waals surface area (Å²) >= 11 is 2.22. The predicted octanol–water partition coefficient (Wildman–Crippen LogP) is 2.44. The van der Waals surface area contributed by atoms with E-state index in [0.717, 1.165) is 9.26 Å². The second-order valence-corrected chi connectivity index (χ2v) is 4.55. The summed E-state index contributed by atoms with van der Waals surface area (Å²) in [6.45, 7) is 0. The van der Waals surface area contributed by atoms with E-state index in [0.29, 0.717) is 5.69 Å². The molecule has 0 saturated heterocycles. The Bertz CT molecular complexity index is 499. The molecule has 1 aromatic carbocycles. The first-order chi connectivity index (χ1) is 8.25. The number of hydrogen-bond acceptors (Lipinski definition) is 3. The van der Waals surface area contributed by atoms with Gasteiger partial charge in [0.2, 0.25) is 0 Å². The third-order valence-electron chi connectivity index (χ3n) is 2.06. The number of halogens is 1. The number of hydrogen-bond donors (Lipinski definition) is 2. The van der Waals surface area contributed by atoms with Gasteiger partial charge in [-0.3, -0.25) is 20.6 Å². The number of hydrazine groups is 1. The van der Waals surface area contributed by atoms with Gasteiger partial charge in [-0.1, -0.05) is 6.07 Å². The van der Waals surface area contributed by atoms with Gasteiger partial charge < -0.3 is 0 Å². The summed E-state index contributed by atoms with van der Waals surface area (Å²) in [7, 11) is 0. The van der Waals surface area contributed by atoms with Crippen LogP contribution in [0, 0.1) is 3.57 Å². The number of anilines is 1. The Kier molecular flexibility index (Phi) is 3.92. The Morgan fingerprint density at radius 1 is 1.12 bits per heavy atom. The molecule has 86 valence electrons. The summed E-state index contributed by atoms with van der Waals surface area (Å²) in [5.74, 6) is -0.260. The van der Waals surface area contributed by atoms with Crippen molar-refractivity contribution in [2.45, 2.75) is 0 Å². The average Bonchev–Trinajstić information content (AvgIpc) is 2.39. The van der Waals surface area contributed by atoms with Crippen molar-refractivity contribution < 1.29 is 4.79 Å². The van der Waals surface area contributed by atoms with Crippen LogP contribution in [-0.2, 0) is 0 Å². The molecule has 0 saturated carbocycles. The monoisotopic (exact) mass is 339 g/mol. The molecule has 0 aliphatic carbocycles. The lowest BCUT2D eigenvalue weighted by atomic mass is 10.3. The van der Waals surface area contributed by atoms with Gasteiger partial charge in [-0.2, -0.15) is 0 Å². The van der Waals surface area contributed by atoms with Gasteiger partial charge in [0, 0.05) is 9.77 Å². The molecule has 0 bridgehead atoms. The lowest BCUT2D eigenvalue weighted by molar-refractivity contribution is 0.0958. The summed E-state index contributed by atoms with van der Waals surface area (Å²) in [6, 6.07) is 12.9. The zero-order valence-electron chi connectivity index (χ0n) is 8.85. The number of amides is 1. The van der Waals surface area contributed by atoms with Gasteiger partial charge in [0.25, 0.3) is 5.91 Å². The molecule has 1 aromatic heterocycles. The fraction of sp³-hybridized carbons (Fsp3) is 0. The molecule has 1 heterocycles. The van der Waals surface area contributed by atoms with E-state index in [-0.39, 0.29) is 5.91 Å². The Morgan fingerprint density at radius 2 is 1.88 bits per heavy atom. The van der Waals surface area contributed by atoms with Gasteiger partial charge in [-0.15, -0.1) is 0 Å². The molecular weight excluding hydrogens is 329 g/mol. The van der Waals surface area contributed by atoms with Crippen LogP contribution in [0.5, 0.6) is 0 Å². The second kappa shape index (κ2) is 5.62. The van der Waals surface area contributed by atoms with Crippen LogP contribution in [0.1, 0.15) is 10.5 Å². The maximum absolute atomic E-state index is 11.6. The van der Waals surface area contributed by atoms with Crippen molar-refractivity contribution in [1.29, 1.82) is 0 Å². The van der Waals surface area contributed by atoms with Crippen molar-refractivity contribution in [3.63, 3.8) is 0 Å². The van der Waals surface area contributed by atoms with Gasteiger partial charge >= 0.3 is 0 Å². The van der Waals surface area contributed by atoms with Crippen LogP contribution in [-0.4, -0.2) is 10.9 Å². The number of nitrogens with zero attached hydrogens (tertiary/aromatic N) is 1. The highest BCUT2D eigenvalue weighted by molar-refractivity contribution is 14.1. The molecule has 0 unspecified atom stereocenters. The molecule has 2 rings (SSSR count). The molecule has 0 radical (unpaired) electrons. The maximum Gasteiger partial charge on any atom is 0.288 e. The van der Waals surface area contributed by atoms with Crippen molar-refractivity contribution in [2.75, 3.05) is 5.43 Å². The fourth-order valence-electron chi connectivity index (χ4n) is 1.22. The SMILES string of the molecule is O=C(NNc1ccc(I)cc1)c1ccccn1. The van der Waals surface area contributed by atoms with Crippen LogP contribution < -0.4 is 10.9 Å². The number of carbonyl (C=O) groups is 1. The first-order valence-corrected chi connectivity index (χ1v) is 6.06. The summed E-state index contributed by atoms with van der Waals surface area (Å²) in [6.07, 6.45) is 1.58. The lowest BCUT2D eigenvalue weighted by Gasteiger charge is -2.07. The molecule has 2 N–H and O–H groups in total. The van der Waals surface area contributed by atoms with Crippen LogP contribution in [0.15, 0.2) is 48.7 Å². The summed E-state index contributed by atoms with van der Waals surface area (Å²) in [5.41, 5.74) is 6.62. The van der Waals surface area contributed by atoms with E-state index in [9.17, 15) is 4.79 Å². The Morgan fingerprint density at radius 3 is 2.53 bits per heavy atom. The number of pyridine rings is 1. The Balaban J connectivity index is 1.95. The minimum Gasteiger partial charge on any atom is -0.298 e. The molecule has 5 heteroatoms. The Labute approximate surface area is 113 Å². The normalized spacial score (nSPS) is 9.71. The topological polar surface area (TPSA) is 54.0 Å². The molecule has 4 nitrogen and oxygen atoms in total. The molecule has 0 atom stereocenters. The number of rotatable bonds is 3. The predicted molar refractivity (Wildman–Crippen MR) is 74.5 cm³/mol. The largest absolute Gasteiger partial charge is 0.298 e. The highest BCUT2D eigenvalue weighted by Crippen LogP contribution is 2.09. The van der Waals surface area contributed by atoms with Crippen LogP contribution in [0.25, 0.3) is 0 Å². The molecule has 17 heavy (non-hydrogen) atoms. The number of aromatic nitrogens is 1. The smallest absolute Gasteiger partial charge is 0.288 e. The third kappa shape index (κ3) is 3.42. The van der Waals surface area contributed by atoms with E-state index in [1.807, 2.05) is 24.3 Å². The Hall–Kier alpha value is -1.63. The molecule has 0 aliphatic heterocycles. The summed E-state index contributed by atoms with van der Waals surface area (Å²) < 4.78 is 1.14. The number of benzene rings is 1. The summed E-state index contributed by atoms with van der Waals surface area (Å²) in [5, 5.41) is 0. The molecule has 0 aliphatic rings. The van der Waals surface area contributed by atoms with Crippen LogP contribution in [0.3, 0.4) is 0 Å². The average molecular weight is 339 g/mol.